The normalized spacial score (nSPS) is 12.0. The predicted molar refractivity (Wildman–Crippen MR) is 120 cm³/mol. The Labute approximate surface area is 187 Å². The molecule has 1 atom stereocenters. The quantitative estimate of drug-likeness (QED) is 0.463. The molecule has 9 nitrogen and oxygen atoms in total. The van der Waals surface area contributed by atoms with Gasteiger partial charge in [0.1, 0.15) is 0 Å². The van der Waals surface area contributed by atoms with Crippen LogP contribution in [0.1, 0.15) is 54.9 Å². The molecular formula is C23H31N5O4. The van der Waals surface area contributed by atoms with Crippen molar-refractivity contribution in [1.82, 2.24) is 25.2 Å². The minimum absolute atomic E-state index is 0.0232. The van der Waals surface area contributed by atoms with E-state index in [9.17, 15) is 9.90 Å². The summed E-state index contributed by atoms with van der Waals surface area (Å²) in [6.45, 7) is 6.47. The molecule has 0 aliphatic rings. The number of phenols is 1. The fourth-order valence-electron chi connectivity index (χ4n) is 3.78. The molecule has 0 radical (unpaired) electrons. The molecule has 3 rings (SSSR count). The largest absolute Gasteiger partial charge is 0.504 e. The molecule has 2 heterocycles. The van der Waals surface area contributed by atoms with Crippen LogP contribution >= 0.6 is 0 Å². The predicted octanol–water partition coefficient (Wildman–Crippen LogP) is 3.43. The number of amides is 1. The van der Waals surface area contributed by atoms with Crippen molar-refractivity contribution in [1.29, 1.82) is 0 Å². The number of rotatable bonds is 10. The Balaban J connectivity index is 1.40. The zero-order valence-electron chi connectivity index (χ0n) is 19.3. The number of hydrogen-bond donors (Lipinski definition) is 2. The van der Waals surface area contributed by atoms with Crippen LogP contribution in [0.25, 0.3) is 11.4 Å². The molecule has 172 valence electrons. The van der Waals surface area contributed by atoms with Crippen LogP contribution in [0.3, 0.4) is 0 Å². The van der Waals surface area contributed by atoms with Gasteiger partial charge in [-0.1, -0.05) is 11.6 Å². The fourth-order valence-corrected chi connectivity index (χ4v) is 3.78. The van der Waals surface area contributed by atoms with Crippen molar-refractivity contribution < 1.29 is 19.2 Å². The summed E-state index contributed by atoms with van der Waals surface area (Å²) in [5, 5.41) is 21.1. The van der Waals surface area contributed by atoms with Crippen molar-refractivity contribution in [3.8, 4) is 22.9 Å². The third-order valence-corrected chi connectivity index (χ3v) is 5.66. The molecule has 1 amide bonds. The van der Waals surface area contributed by atoms with Crippen LogP contribution in [0.15, 0.2) is 22.7 Å². The lowest BCUT2D eigenvalue weighted by atomic mass is 9.98. The van der Waals surface area contributed by atoms with Crippen molar-refractivity contribution in [3.63, 3.8) is 0 Å². The van der Waals surface area contributed by atoms with Gasteiger partial charge >= 0.3 is 0 Å². The van der Waals surface area contributed by atoms with Crippen LogP contribution < -0.4 is 10.1 Å². The molecule has 0 saturated carbocycles. The highest BCUT2D eigenvalue weighted by molar-refractivity contribution is 5.83. The third-order valence-electron chi connectivity index (χ3n) is 5.66. The van der Waals surface area contributed by atoms with E-state index in [-0.39, 0.29) is 17.6 Å². The lowest BCUT2D eigenvalue weighted by molar-refractivity contribution is -0.122. The summed E-state index contributed by atoms with van der Waals surface area (Å²) in [6, 6.07) is 4.92. The molecule has 32 heavy (non-hydrogen) atoms. The van der Waals surface area contributed by atoms with Gasteiger partial charge in [-0.25, -0.2) is 0 Å². The molecule has 0 spiro atoms. The highest BCUT2D eigenvalue weighted by atomic mass is 16.5. The van der Waals surface area contributed by atoms with Gasteiger partial charge in [-0.15, -0.1) is 0 Å². The van der Waals surface area contributed by atoms with Gasteiger partial charge in [0, 0.05) is 36.8 Å². The second-order valence-corrected chi connectivity index (χ2v) is 7.93. The number of carbonyl (C=O) groups excluding carboxylic acids is 1. The van der Waals surface area contributed by atoms with Gasteiger partial charge in [-0.05, 0) is 51.8 Å². The van der Waals surface area contributed by atoms with Gasteiger partial charge < -0.3 is 19.7 Å². The number of phenolic OH excluding ortho intramolecular Hbond substituents is 1. The number of carbonyl (C=O) groups is 1. The van der Waals surface area contributed by atoms with Crippen molar-refractivity contribution in [2.45, 2.75) is 52.4 Å². The van der Waals surface area contributed by atoms with E-state index in [0.717, 1.165) is 36.2 Å². The van der Waals surface area contributed by atoms with Crippen LogP contribution in [-0.4, -0.2) is 44.6 Å². The van der Waals surface area contributed by atoms with Crippen LogP contribution in [-0.2, 0) is 18.3 Å². The van der Waals surface area contributed by atoms with E-state index in [4.69, 9.17) is 9.26 Å². The highest BCUT2D eigenvalue weighted by Crippen LogP contribution is 2.30. The molecule has 2 aromatic heterocycles. The summed E-state index contributed by atoms with van der Waals surface area (Å²) >= 11 is 0. The number of nitrogens with one attached hydrogen (secondary N) is 1. The molecule has 1 unspecified atom stereocenters. The summed E-state index contributed by atoms with van der Waals surface area (Å²) in [6.07, 6.45) is 3.36. The first-order valence-electron chi connectivity index (χ1n) is 10.8. The fraction of sp³-hybridized carbons (Fsp3) is 0.478. The number of aryl methyl sites for hydroxylation is 3. The Morgan fingerprint density at radius 2 is 2.06 bits per heavy atom. The van der Waals surface area contributed by atoms with Gasteiger partial charge in [-0.2, -0.15) is 10.1 Å². The first kappa shape index (κ1) is 23.3. The standard InChI is InChI=1S/C23H31N5O4/c1-14(21-15(2)26-28(4)16(21)3)23(30)24-12-8-6-7-9-20-25-22(27-32-20)17-10-11-18(29)19(13-17)31-5/h10-11,13-14,29H,6-9,12H2,1-5H3,(H,24,30). The molecule has 0 aliphatic heterocycles. The molecule has 2 N–H and O–H groups in total. The maximum absolute atomic E-state index is 12.5. The third kappa shape index (κ3) is 5.27. The zero-order valence-corrected chi connectivity index (χ0v) is 19.3. The smallest absolute Gasteiger partial charge is 0.227 e. The lowest BCUT2D eigenvalue weighted by Gasteiger charge is -2.13. The molecule has 9 heteroatoms. The Morgan fingerprint density at radius 1 is 1.28 bits per heavy atom. The second kappa shape index (κ2) is 10.3. The topological polar surface area (TPSA) is 115 Å². The van der Waals surface area contributed by atoms with Crippen LogP contribution in [0.4, 0.5) is 0 Å². The SMILES string of the molecule is COc1cc(-c2noc(CCCCCNC(=O)C(C)c3c(C)nn(C)c3C)n2)ccc1O. The average Bonchev–Trinajstić information content (AvgIpc) is 3.34. The van der Waals surface area contributed by atoms with E-state index in [1.165, 1.54) is 13.2 Å². The molecule has 0 bridgehead atoms. The number of benzene rings is 1. The minimum atomic E-state index is -0.223. The summed E-state index contributed by atoms with van der Waals surface area (Å²) in [5.41, 5.74) is 3.64. The summed E-state index contributed by atoms with van der Waals surface area (Å²) in [5.74, 6) is 1.24. The van der Waals surface area contributed by atoms with Crippen molar-refractivity contribution in [2.75, 3.05) is 13.7 Å². The molecule has 0 fully saturated rings. The molecular weight excluding hydrogens is 410 g/mol. The summed E-state index contributed by atoms with van der Waals surface area (Å²) in [7, 11) is 3.38. The van der Waals surface area contributed by atoms with Crippen molar-refractivity contribution in [2.24, 2.45) is 7.05 Å². The monoisotopic (exact) mass is 441 g/mol. The van der Waals surface area contributed by atoms with E-state index >= 15 is 0 Å². The Bertz CT molecular complexity index is 1070. The summed E-state index contributed by atoms with van der Waals surface area (Å²) < 4.78 is 12.3. The van der Waals surface area contributed by atoms with E-state index in [1.54, 1.807) is 12.1 Å². The molecule has 3 aromatic rings. The van der Waals surface area contributed by atoms with Gasteiger partial charge in [0.25, 0.3) is 0 Å². The lowest BCUT2D eigenvalue weighted by Crippen LogP contribution is -2.29. The number of nitrogens with zero attached hydrogens (tertiary/aromatic N) is 4. The first-order chi connectivity index (χ1) is 15.3. The van der Waals surface area contributed by atoms with E-state index in [2.05, 4.69) is 20.6 Å². The number of hydrogen-bond acceptors (Lipinski definition) is 7. The number of methoxy groups -OCH3 is 1. The Hall–Kier alpha value is -3.36. The van der Waals surface area contributed by atoms with Crippen molar-refractivity contribution >= 4 is 5.91 Å². The minimum Gasteiger partial charge on any atom is -0.504 e. The van der Waals surface area contributed by atoms with E-state index in [1.807, 2.05) is 32.5 Å². The zero-order chi connectivity index (χ0) is 23.3. The molecule has 0 saturated heterocycles. The number of ether oxygens (including phenoxy) is 1. The maximum Gasteiger partial charge on any atom is 0.227 e. The van der Waals surface area contributed by atoms with Crippen molar-refractivity contribution in [3.05, 3.63) is 41.0 Å². The number of unbranched alkanes of at least 4 members (excludes halogenated alkanes) is 2. The summed E-state index contributed by atoms with van der Waals surface area (Å²) in [4.78, 5) is 16.9. The first-order valence-corrected chi connectivity index (χ1v) is 10.8. The second-order valence-electron chi connectivity index (χ2n) is 7.93. The number of aromatic nitrogens is 4. The van der Waals surface area contributed by atoms with Gasteiger partial charge in [0.15, 0.2) is 11.5 Å². The highest BCUT2D eigenvalue weighted by Gasteiger charge is 2.22. The average molecular weight is 442 g/mol. The van der Waals surface area contributed by atoms with Crippen LogP contribution in [0.5, 0.6) is 11.5 Å². The van der Waals surface area contributed by atoms with E-state index in [0.29, 0.717) is 36.0 Å². The van der Waals surface area contributed by atoms with E-state index < -0.39 is 0 Å². The van der Waals surface area contributed by atoms with Crippen LogP contribution in [0, 0.1) is 13.8 Å². The van der Waals surface area contributed by atoms with Crippen LogP contribution in [0.2, 0.25) is 0 Å². The Kier molecular flexibility index (Phi) is 7.50. The van der Waals surface area contributed by atoms with Gasteiger partial charge in [0.2, 0.25) is 17.6 Å². The number of aromatic hydroxyl groups is 1. The van der Waals surface area contributed by atoms with Gasteiger partial charge in [0.05, 0.1) is 18.7 Å². The van der Waals surface area contributed by atoms with Gasteiger partial charge in [-0.3, -0.25) is 9.48 Å². The Morgan fingerprint density at radius 3 is 2.75 bits per heavy atom. The molecule has 0 aliphatic carbocycles. The maximum atomic E-state index is 12.5. The molecule has 1 aromatic carbocycles.